The molecule has 2 aromatic carbocycles. The lowest BCUT2D eigenvalue weighted by Gasteiger charge is -2.05. The Hall–Kier alpha value is -1.55. The van der Waals surface area contributed by atoms with Gasteiger partial charge in [0.1, 0.15) is 5.75 Å². The summed E-state index contributed by atoms with van der Waals surface area (Å²) in [6, 6.07) is 11.7. The molecule has 0 atom stereocenters. The van der Waals surface area contributed by atoms with Gasteiger partial charge in [0.15, 0.2) is 6.61 Å². The van der Waals surface area contributed by atoms with E-state index in [0.717, 1.165) is 16.1 Å². The molecule has 0 aliphatic carbocycles. The van der Waals surface area contributed by atoms with Gasteiger partial charge in [0.25, 0.3) is 0 Å². The zero-order chi connectivity index (χ0) is 12.3. The number of alkyl halides is 1. The van der Waals surface area contributed by atoms with Crippen LogP contribution < -0.4 is 4.74 Å². The van der Waals surface area contributed by atoms with Crippen molar-refractivity contribution in [3.05, 3.63) is 42.0 Å². The third-order valence-corrected chi connectivity index (χ3v) is 3.04. The van der Waals surface area contributed by atoms with E-state index < -0.39 is 5.97 Å². The van der Waals surface area contributed by atoms with E-state index in [1.807, 2.05) is 24.3 Å². The summed E-state index contributed by atoms with van der Waals surface area (Å²) in [4.78, 5) is 10.4. The zero-order valence-electron chi connectivity index (χ0n) is 9.02. The van der Waals surface area contributed by atoms with Gasteiger partial charge in [-0.1, -0.05) is 40.2 Å². The van der Waals surface area contributed by atoms with Crippen molar-refractivity contribution in [2.75, 3.05) is 6.61 Å². The molecule has 0 aromatic heterocycles. The summed E-state index contributed by atoms with van der Waals surface area (Å²) in [6.45, 7) is -0.314. The number of carbonyl (C=O) groups is 1. The van der Waals surface area contributed by atoms with E-state index in [-0.39, 0.29) is 6.61 Å². The zero-order valence-corrected chi connectivity index (χ0v) is 10.6. The minimum Gasteiger partial charge on any atom is -0.482 e. The quantitative estimate of drug-likeness (QED) is 0.881. The molecule has 2 aromatic rings. The van der Waals surface area contributed by atoms with E-state index in [1.54, 1.807) is 6.07 Å². The molecule has 0 saturated carbocycles. The molecule has 0 unspecified atom stereocenters. The Kier molecular flexibility index (Phi) is 3.64. The number of carboxylic acids is 1. The Balaban J connectivity index is 2.28. The van der Waals surface area contributed by atoms with Gasteiger partial charge in [-0.15, -0.1) is 0 Å². The van der Waals surface area contributed by atoms with Gasteiger partial charge in [0.05, 0.1) is 0 Å². The smallest absolute Gasteiger partial charge is 0.341 e. The van der Waals surface area contributed by atoms with Gasteiger partial charge in [-0.05, 0) is 28.5 Å². The van der Waals surface area contributed by atoms with Gasteiger partial charge >= 0.3 is 5.97 Å². The normalized spacial score (nSPS) is 10.4. The number of carboxylic acid groups (broad SMARTS) is 1. The van der Waals surface area contributed by atoms with Crippen LogP contribution in [0.2, 0.25) is 0 Å². The largest absolute Gasteiger partial charge is 0.482 e. The van der Waals surface area contributed by atoms with Gasteiger partial charge in [-0.3, -0.25) is 0 Å². The van der Waals surface area contributed by atoms with Crippen LogP contribution >= 0.6 is 15.9 Å². The maximum Gasteiger partial charge on any atom is 0.341 e. The highest BCUT2D eigenvalue weighted by Gasteiger charge is 2.01. The first kappa shape index (κ1) is 11.9. The summed E-state index contributed by atoms with van der Waals surface area (Å²) in [7, 11) is 0. The van der Waals surface area contributed by atoms with Crippen LogP contribution in [0.15, 0.2) is 36.4 Å². The molecule has 0 saturated heterocycles. The molecule has 0 aliphatic heterocycles. The minimum absolute atomic E-state index is 0.314. The van der Waals surface area contributed by atoms with Crippen molar-refractivity contribution >= 4 is 32.7 Å². The summed E-state index contributed by atoms with van der Waals surface area (Å²) < 4.78 is 5.12. The Morgan fingerprint density at radius 2 is 1.88 bits per heavy atom. The average Bonchev–Trinajstić information content (AvgIpc) is 2.35. The van der Waals surface area contributed by atoms with E-state index in [2.05, 4.69) is 22.0 Å². The Labute approximate surface area is 107 Å². The predicted octanol–water partition coefficient (Wildman–Crippen LogP) is 3.20. The molecule has 3 nitrogen and oxygen atoms in total. The van der Waals surface area contributed by atoms with Gasteiger partial charge in [0.2, 0.25) is 0 Å². The van der Waals surface area contributed by atoms with Gasteiger partial charge < -0.3 is 9.84 Å². The van der Waals surface area contributed by atoms with E-state index in [4.69, 9.17) is 9.84 Å². The van der Waals surface area contributed by atoms with Crippen LogP contribution in [0.1, 0.15) is 5.56 Å². The molecule has 0 fully saturated rings. The van der Waals surface area contributed by atoms with Crippen molar-refractivity contribution in [2.24, 2.45) is 0 Å². The van der Waals surface area contributed by atoms with Crippen molar-refractivity contribution in [1.29, 1.82) is 0 Å². The Morgan fingerprint density at radius 1 is 1.18 bits per heavy atom. The third-order valence-electron chi connectivity index (χ3n) is 2.39. The SMILES string of the molecule is O=C(O)COc1ccc2cc(CBr)ccc2c1. The molecule has 0 spiro atoms. The van der Waals surface area contributed by atoms with Crippen LogP contribution in [0.3, 0.4) is 0 Å². The van der Waals surface area contributed by atoms with Gasteiger partial charge in [-0.2, -0.15) is 0 Å². The molecule has 0 heterocycles. The fourth-order valence-corrected chi connectivity index (χ4v) is 1.94. The first-order chi connectivity index (χ1) is 8.19. The molecule has 1 N–H and O–H groups in total. The minimum atomic E-state index is -0.972. The average molecular weight is 295 g/mol. The highest BCUT2D eigenvalue weighted by Crippen LogP contribution is 2.22. The van der Waals surface area contributed by atoms with Crippen LogP contribution in [-0.2, 0) is 10.1 Å². The fourth-order valence-electron chi connectivity index (χ4n) is 1.59. The maximum absolute atomic E-state index is 10.4. The Morgan fingerprint density at radius 3 is 2.59 bits per heavy atom. The third kappa shape index (κ3) is 2.97. The Bertz CT molecular complexity index is 551. The van der Waals surface area contributed by atoms with Crippen LogP contribution in [0, 0.1) is 0 Å². The molecule has 0 aliphatic rings. The van der Waals surface area contributed by atoms with E-state index >= 15 is 0 Å². The number of hydrogen-bond acceptors (Lipinski definition) is 2. The van der Waals surface area contributed by atoms with Gasteiger partial charge in [0, 0.05) is 5.33 Å². The molecule has 0 amide bonds. The highest BCUT2D eigenvalue weighted by molar-refractivity contribution is 9.08. The second-order valence-electron chi connectivity index (χ2n) is 3.66. The molecule has 17 heavy (non-hydrogen) atoms. The predicted molar refractivity (Wildman–Crippen MR) is 69.7 cm³/mol. The molecule has 4 heteroatoms. The number of fused-ring (bicyclic) bond motifs is 1. The lowest BCUT2D eigenvalue weighted by molar-refractivity contribution is -0.139. The standard InChI is InChI=1S/C13H11BrO3/c14-7-9-1-2-11-6-12(17-8-13(15)16)4-3-10(11)5-9/h1-6H,7-8H2,(H,15,16). The first-order valence-corrected chi connectivity index (χ1v) is 6.24. The van der Waals surface area contributed by atoms with E-state index in [9.17, 15) is 4.79 Å². The fraction of sp³-hybridized carbons (Fsp3) is 0.154. The summed E-state index contributed by atoms with van der Waals surface area (Å²) in [5, 5.41) is 11.5. The molecule has 0 bridgehead atoms. The molecule has 0 radical (unpaired) electrons. The molecular weight excluding hydrogens is 284 g/mol. The summed E-state index contributed by atoms with van der Waals surface area (Å²) >= 11 is 3.41. The second kappa shape index (κ2) is 5.19. The number of aliphatic carboxylic acids is 1. The van der Waals surface area contributed by atoms with Crippen LogP contribution in [-0.4, -0.2) is 17.7 Å². The van der Waals surface area contributed by atoms with Gasteiger partial charge in [-0.25, -0.2) is 4.79 Å². The van der Waals surface area contributed by atoms with Crippen molar-refractivity contribution in [3.8, 4) is 5.75 Å². The van der Waals surface area contributed by atoms with Crippen molar-refractivity contribution in [3.63, 3.8) is 0 Å². The molecule has 2 rings (SSSR count). The maximum atomic E-state index is 10.4. The number of ether oxygens (including phenoxy) is 1. The highest BCUT2D eigenvalue weighted by atomic mass is 79.9. The van der Waals surface area contributed by atoms with Crippen LogP contribution in [0.25, 0.3) is 10.8 Å². The monoisotopic (exact) mass is 294 g/mol. The number of benzene rings is 2. The number of hydrogen-bond donors (Lipinski definition) is 1. The van der Waals surface area contributed by atoms with Crippen LogP contribution in [0.5, 0.6) is 5.75 Å². The van der Waals surface area contributed by atoms with E-state index in [0.29, 0.717) is 5.75 Å². The summed E-state index contributed by atoms with van der Waals surface area (Å²) in [5.41, 5.74) is 1.21. The van der Waals surface area contributed by atoms with Crippen LogP contribution in [0.4, 0.5) is 0 Å². The molecular formula is C13H11BrO3. The second-order valence-corrected chi connectivity index (χ2v) is 4.22. The summed E-state index contributed by atoms with van der Waals surface area (Å²) in [5.74, 6) is -0.397. The van der Waals surface area contributed by atoms with Crippen molar-refractivity contribution in [1.82, 2.24) is 0 Å². The topological polar surface area (TPSA) is 46.5 Å². The van der Waals surface area contributed by atoms with Crippen molar-refractivity contribution < 1.29 is 14.6 Å². The first-order valence-electron chi connectivity index (χ1n) is 5.12. The number of rotatable bonds is 4. The van der Waals surface area contributed by atoms with E-state index in [1.165, 1.54) is 5.56 Å². The lowest BCUT2D eigenvalue weighted by Crippen LogP contribution is -2.09. The lowest BCUT2D eigenvalue weighted by atomic mass is 10.1. The molecule has 88 valence electrons. The summed E-state index contributed by atoms with van der Waals surface area (Å²) in [6.07, 6.45) is 0. The van der Waals surface area contributed by atoms with Crippen molar-refractivity contribution in [2.45, 2.75) is 5.33 Å². The number of halogens is 1.